The molecule has 0 saturated carbocycles. The van der Waals surface area contributed by atoms with Crippen LogP contribution in [0.2, 0.25) is 0 Å². The quantitative estimate of drug-likeness (QED) is 0.762. The first-order chi connectivity index (χ1) is 12.7. The minimum absolute atomic E-state index is 0.0902. The van der Waals surface area contributed by atoms with Gasteiger partial charge in [-0.2, -0.15) is 0 Å². The van der Waals surface area contributed by atoms with Crippen molar-refractivity contribution in [2.45, 2.75) is 46.5 Å². The Morgan fingerprint density at radius 2 is 1.67 bits per heavy atom. The zero-order valence-corrected chi connectivity index (χ0v) is 16.7. The minimum atomic E-state index is -0.732. The van der Waals surface area contributed by atoms with Crippen molar-refractivity contribution in [2.24, 2.45) is 0 Å². The molecule has 5 heteroatoms. The highest BCUT2D eigenvalue weighted by molar-refractivity contribution is 6.43. The van der Waals surface area contributed by atoms with Crippen LogP contribution in [0.5, 0.6) is 5.75 Å². The van der Waals surface area contributed by atoms with Crippen LogP contribution in [0.1, 0.15) is 45.7 Å². The second-order valence-corrected chi connectivity index (χ2v) is 7.36. The summed E-state index contributed by atoms with van der Waals surface area (Å²) in [4.78, 5) is 24.7. The summed E-state index contributed by atoms with van der Waals surface area (Å²) < 4.78 is 5.59. The van der Waals surface area contributed by atoms with Crippen LogP contribution < -0.4 is 15.4 Å². The fraction of sp³-hybridized carbons (Fsp3) is 0.364. The molecule has 0 spiro atoms. The molecule has 144 valence electrons. The number of carbonyl (C=O) groups is 2. The van der Waals surface area contributed by atoms with Gasteiger partial charge >= 0.3 is 11.8 Å². The molecule has 2 aromatic rings. The maximum Gasteiger partial charge on any atom is 0.314 e. The van der Waals surface area contributed by atoms with Crippen molar-refractivity contribution >= 4 is 23.2 Å². The lowest BCUT2D eigenvalue weighted by molar-refractivity contribution is -0.133. The Kier molecular flexibility index (Phi) is 6.61. The van der Waals surface area contributed by atoms with E-state index >= 15 is 0 Å². The van der Waals surface area contributed by atoms with Crippen LogP contribution in [0.4, 0.5) is 11.4 Å². The SMILES string of the molecule is CCOc1ccc(C(C)(C)C)cc1NC(=O)C(=O)Nc1cccc(CC)c1. The Hall–Kier alpha value is -2.82. The molecule has 2 aromatic carbocycles. The lowest BCUT2D eigenvalue weighted by Crippen LogP contribution is -2.29. The topological polar surface area (TPSA) is 67.4 Å². The Morgan fingerprint density at radius 1 is 0.963 bits per heavy atom. The second-order valence-electron chi connectivity index (χ2n) is 7.36. The molecular formula is C22H28N2O3. The predicted molar refractivity (Wildman–Crippen MR) is 109 cm³/mol. The van der Waals surface area contributed by atoms with Gasteiger partial charge in [0.25, 0.3) is 0 Å². The molecule has 0 atom stereocenters. The number of ether oxygens (including phenoxy) is 1. The number of benzene rings is 2. The first kappa shape index (κ1) is 20.5. The number of aryl methyl sites for hydroxylation is 1. The van der Waals surface area contributed by atoms with Crippen LogP contribution in [-0.2, 0) is 21.4 Å². The highest BCUT2D eigenvalue weighted by atomic mass is 16.5. The largest absolute Gasteiger partial charge is 0.492 e. The number of anilines is 2. The molecule has 0 unspecified atom stereocenters. The summed E-state index contributed by atoms with van der Waals surface area (Å²) in [6, 6.07) is 13.1. The summed E-state index contributed by atoms with van der Waals surface area (Å²) in [6.07, 6.45) is 0.854. The van der Waals surface area contributed by atoms with Crippen LogP contribution in [0, 0.1) is 0 Å². The number of amides is 2. The summed E-state index contributed by atoms with van der Waals surface area (Å²) in [5, 5.41) is 5.32. The average Bonchev–Trinajstić information content (AvgIpc) is 2.62. The Bertz CT molecular complexity index is 823. The maximum atomic E-state index is 12.4. The van der Waals surface area contributed by atoms with Crippen LogP contribution in [-0.4, -0.2) is 18.4 Å². The van der Waals surface area contributed by atoms with E-state index in [-0.39, 0.29) is 5.41 Å². The number of nitrogens with one attached hydrogen (secondary N) is 2. The van der Waals surface area contributed by atoms with Gasteiger partial charge in [-0.05, 0) is 54.2 Å². The van der Waals surface area contributed by atoms with Gasteiger partial charge in [0.2, 0.25) is 0 Å². The van der Waals surface area contributed by atoms with Crippen LogP contribution in [0.15, 0.2) is 42.5 Å². The number of rotatable bonds is 5. The molecule has 0 heterocycles. The van der Waals surface area contributed by atoms with Gasteiger partial charge in [0.15, 0.2) is 0 Å². The van der Waals surface area contributed by atoms with Crippen molar-refractivity contribution < 1.29 is 14.3 Å². The third-order valence-corrected chi connectivity index (χ3v) is 4.19. The predicted octanol–water partition coefficient (Wildman–Crippen LogP) is 4.52. The van der Waals surface area contributed by atoms with Crippen molar-refractivity contribution in [3.63, 3.8) is 0 Å². The lowest BCUT2D eigenvalue weighted by atomic mass is 9.87. The summed E-state index contributed by atoms with van der Waals surface area (Å²) in [6.45, 7) is 10.6. The fourth-order valence-corrected chi connectivity index (χ4v) is 2.61. The molecule has 0 saturated heterocycles. The second kappa shape index (κ2) is 8.71. The third-order valence-electron chi connectivity index (χ3n) is 4.19. The molecular weight excluding hydrogens is 340 g/mol. The molecule has 0 bridgehead atoms. The Balaban J connectivity index is 2.18. The number of carbonyl (C=O) groups excluding carboxylic acids is 2. The standard InChI is InChI=1S/C22H28N2O3/c1-6-15-9-8-10-17(13-15)23-20(25)21(26)24-18-14-16(22(3,4)5)11-12-19(18)27-7-2/h8-14H,6-7H2,1-5H3,(H,23,25)(H,24,26). The third kappa shape index (κ3) is 5.58. The molecule has 0 aliphatic carbocycles. The lowest BCUT2D eigenvalue weighted by Gasteiger charge is -2.21. The molecule has 0 radical (unpaired) electrons. The first-order valence-corrected chi connectivity index (χ1v) is 9.23. The molecule has 2 amide bonds. The first-order valence-electron chi connectivity index (χ1n) is 9.23. The van der Waals surface area contributed by atoms with Gasteiger partial charge in [0, 0.05) is 5.69 Å². The van der Waals surface area contributed by atoms with Gasteiger partial charge in [-0.15, -0.1) is 0 Å². The summed E-state index contributed by atoms with van der Waals surface area (Å²) >= 11 is 0. The molecule has 0 aliphatic heterocycles. The van der Waals surface area contributed by atoms with E-state index in [2.05, 4.69) is 31.4 Å². The van der Waals surface area contributed by atoms with E-state index in [4.69, 9.17) is 4.74 Å². The molecule has 2 rings (SSSR count). The van der Waals surface area contributed by atoms with E-state index in [0.29, 0.717) is 23.7 Å². The summed E-state index contributed by atoms with van der Waals surface area (Å²) in [5.41, 5.74) is 3.13. The zero-order valence-electron chi connectivity index (χ0n) is 16.7. The number of hydrogen-bond acceptors (Lipinski definition) is 3. The molecule has 0 aliphatic rings. The van der Waals surface area contributed by atoms with Crippen molar-refractivity contribution in [2.75, 3.05) is 17.2 Å². The van der Waals surface area contributed by atoms with Gasteiger partial charge in [-0.3, -0.25) is 9.59 Å². The van der Waals surface area contributed by atoms with Crippen molar-refractivity contribution in [1.29, 1.82) is 0 Å². The highest BCUT2D eigenvalue weighted by Crippen LogP contribution is 2.31. The van der Waals surface area contributed by atoms with Crippen LogP contribution in [0.3, 0.4) is 0 Å². The molecule has 5 nitrogen and oxygen atoms in total. The van der Waals surface area contributed by atoms with E-state index in [1.165, 1.54) is 0 Å². The maximum absolute atomic E-state index is 12.4. The summed E-state index contributed by atoms with van der Waals surface area (Å²) in [5.74, 6) is -0.907. The van der Waals surface area contributed by atoms with Gasteiger partial charge in [0.05, 0.1) is 12.3 Å². The molecule has 2 N–H and O–H groups in total. The van der Waals surface area contributed by atoms with Gasteiger partial charge in [-0.1, -0.05) is 45.9 Å². The Labute approximate surface area is 161 Å². The van der Waals surface area contributed by atoms with E-state index < -0.39 is 11.8 Å². The highest BCUT2D eigenvalue weighted by Gasteiger charge is 2.20. The smallest absolute Gasteiger partial charge is 0.314 e. The van der Waals surface area contributed by atoms with Crippen LogP contribution >= 0.6 is 0 Å². The average molecular weight is 368 g/mol. The fourth-order valence-electron chi connectivity index (χ4n) is 2.61. The molecule has 0 aromatic heterocycles. The molecule has 27 heavy (non-hydrogen) atoms. The van der Waals surface area contributed by atoms with Crippen molar-refractivity contribution in [1.82, 2.24) is 0 Å². The molecule has 0 fully saturated rings. The van der Waals surface area contributed by atoms with Gasteiger partial charge < -0.3 is 15.4 Å². The van der Waals surface area contributed by atoms with Crippen molar-refractivity contribution in [3.05, 3.63) is 53.6 Å². The Morgan fingerprint density at radius 3 is 2.30 bits per heavy atom. The monoisotopic (exact) mass is 368 g/mol. The van der Waals surface area contributed by atoms with E-state index in [1.807, 2.05) is 50.2 Å². The normalized spacial score (nSPS) is 11.0. The van der Waals surface area contributed by atoms with Gasteiger partial charge in [-0.25, -0.2) is 0 Å². The number of hydrogen-bond donors (Lipinski definition) is 2. The zero-order chi connectivity index (χ0) is 20.0. The van der Waals surface area contributed by atoms with E-state index in [9.17, 15) is 9.59 Å². The van der Waals surface area contributed by atoms with Crippen molar-refractivity contribution in [3.8, 4) is 5.75 Å². The van der Waals surface area contributed by atoms with E-state index in [1.54, 1.807) is 6.07 Å². The van der Waals surface area contributed by atoms with E-state index in [0.717, 1.165) is 17.5 Å². The minimum Gasteiger partial charge on any atom is -0.492 e. The van der Waals surface area contributed by atoms with Gasteiger partial charge in [0.1, 0.15) is 5.75 Å². The summed E-state index contributed by atoms with van der Waals surface area (Å²) in [7, 11) is 0. The van der Waals surface area contributed by atoms with Crippen LogP contribution in [0.25, 0.3) is 0 Å².